The maximum absolute atomic E-state index is 12.0. The average Bonchev–Trinajstić information content (AvgIpc) is 3.04. The number of rotatable bonds is 6. The minimum atomic E-state index is -0.274. The van der Waals surface area contributed by atoms with E-state index in [-0.39, 0.29) is 17.4 Å². The molecule has 1 amide bonds. The Bertz CT molecular complexity index is 613. The number of ether oxygens (including phenoxy) is 1. The van der Waals surface area contributed by atoms with Crippen molar-refractivity contribution in [3.63, 3.8) is 0 Å². The van der Waals surface area contributed by atoms with Crippen molar-refractivity contribution in [1.29, 1.82) is 0 Å². The first-order chi connectivity index (χ1) is 10.9. The van der Waals surface area contributed by atoms with Crippen molar-refractivity contribution >= 4 is 5.91 Å². The Hall–Kier alpha value is -2.30. The number of hydrogen-bond donors (Lipinski definition) is 1. The predicted octanol–water partition coefficient (Wildman–Crippen LogP) is 2.94. The van der Waals surface area contributed by atoms with Crippen LogP contribution in [-0.4, -0.2) is 28.6 Å². The maximum atomic E-state index is 12.0. The molecule has 0 spiro atoms. The van der Waals surface area contributed by atoms with Crippen LogP contribution in [0.5, 0.6) is 5.75 Å². The van der Waals surface area contributed by atoms with Crippen molar-refractivity contribution < 1.29 is 9.53 Å². The number of imidazole rings is 1. The van der Waals surface area contributed by atoms with Gasteiger partial charge >= 0.3 is 0 Å². The summed E-state index contributed by atoms with van der Waals surface area (Å²) in [7, 11) is 0. The maximum Gasteiger partial charge on any atom is 0.242 e. The first kappa shape index (κ1) is 17.1. The highest BCUT2D eigenvalue weighted by atomic mass is 16.5. The number of hydrogen-bond acceptors (Lipinski definition) is 3. The number of carbonyl (C=O) groups is 1. The summed E-state index contributed by atoms with van der Waals surface area (Å²) in [5.74, 6) is 0.768. The summed E-state index contributed by atoms with van der Waals surface area (Å²) in [5.41, 5.74) is 1.41. The van der Waals surface area contributed by atoms with Gasteiger partial charge in [-0.15, -0.1) is 0 Å². The molecule has 2 aromatic rings. The standard InChI is InChI=1S/C18H25N3O2/c1-14(21-11-9-19-13-21)17(22)20-10-12-23-16-7-5-15(6-8-16)18(2,3)4/h5-9,11,13-14H,10,12H2,1-4H3,(H,20,22). The Balaban J connectivity index is 1.74. The summed E-state index contributed by atoms with van der Waals surface area (Å²) < 4.78 is 7.43. The molecule has 2 rings (SSSR count). The zero-order chi connectivity index (χ0) is 16.9. The fourth-order valence-corrected chi connectivity index (χ4v) is 2.18. The molecule has 0 aliphatic carbocycles. The zero-order valence-corrected chi connectivity index (χ0v) is 14.2. The molecule has 0 aliphatic rings. The highest BCUT2D eigenvalue weighted by Crippen LogP contribution is 2.24. The topological polar surface area (TPSA) is 56.1 Å². The van der Waals surface area contributed by atoms with Gasteiger partial charge in [-0.25, -0.2) is 4.98 Å². The third-order valence-corrected chi connectivity index (χ3v) is 3.74. The van der Waals surface area contributed by atoms with Gasteiger partial charge in [-0.05, 0) is 30.0 Å². The molecule has 1 atom stereocenters. The van der Waals surface area contributed by atoms with Gasteiger partial charge in [-0.3, -0.25) is 4.79 Å². The largest absolute Gasteiger partial charge is 0.492 e. The predicted molar refractivity (Wildman–Crippen MR) is 90.6 cm³/mol. The number of amides is 1. The monoisotopic (exact) mass is 315 g/mol. The van der Waals surface area contributed by atoms with Crippen LogP contribution in [0.2, 0.25) is 0 Å². The minimum Gasteiger partial charge on any atom is -0.492 e. The van der Waals surface area contributed by atoms with Gasteiger partial charge in [0, 0.05) is 12.4 Å². The van der Waals surface area contributed by atoms with Gasteiger partial charge in [0.1, 0.15) is 18.4 Å². The molecule has 0 bridgehead atoms. The summed E-state index contributed by atoms with van der Waals surface area (Å²) in [5, 5.41) is 2.86. The van der Waals surface area contributed by atoms with Crippen LogP contribution < -0.4 is 10.1 Å². The van der Waals surface area contributed by atoms with Crippen LogP contribution in [0.15, 0.2) is 43.0 Å². The lowest BCUT2D eigenvalue weighted by Crippen LogP contribution is -2.33. The second-order valence-corrected chi connectivity index (χ2v) is 6.60. The van der Waals surface area contributed by atoms with E-state index >= 15 is 0 Å². The fourth-order valence-electron chi connectivity index (χ4n) is 2.18. The number of benzene rings is 1. The van der Waals surface area contributed by atoms with E-state index in [4.69, 9.17) is 4.74 Å². The lowest BCUT2D eigenvalue weighted by molar-refractivity contribution is -0.123. The van der Waals surface area contributed by atoms with E-state index in [9.17, 15) is 4.79 Å². The van der Waals surface area contributed by atoms with Crippen LogP contribution >= 0.6 is 0 Å². The Morgan fingerprint density at radius 1 is 1.30 bits per heavy atom. The van der Waals surface area contributed by atoms with Crippen LogP contribution in [0.1, 0.15) is 39.3 Å². The van der Waals surface area contributed by atoms with Gasteiger partial charge in [0.15, 0.2) is 0 Å². The van der Waals surface area contributed by atoms with E-state index in [2.05, 4.69) is 43.2 Å². The number of nitrogens with one attached hydrogen (secondary N) is 1. The zero-order valence-electron chi connectivity index (χ0n) is 14.2. The van der Waals surface area contributed by atoms with Gasteiger partial charge in [0.2, 0.25) is 5.91 Å². The van der Waals surface area contributed by atoms with E-state index in [1.54, 1.807) is 23.3 Å². The van der Waals surface area contributed by atoms with E-state index in [0.717, 1.165) is 5.75 Å². The van der Waals surface area contributed by atoms with Gasteiger partial charge in [0.05, 0.1) is 12.9 Å². The van der Waals surface area contributed by atoms with E-state index in [1.807, 2.05) is 19.1 Å². The van der Waals surface area contributed by atoms with E-state index in [0.29, 0.717) is 13.2 Å². The molecule has 1 aromatic carbocycles. The van der Waals surface area contributed by atoms with Crippen LogP contribution in [-0.2, 0) is 10.2 Å². The van der Waals surface area contributed by atoms with Gasteiger partial charge < -0.3 is 14.6 Å². The molecular formula is C18H25N3O2. The quantitative estimate of drug-likeness (QED) is 0.834. The first-order valence-corrected chi connectivity index (χ1v) is 7.86. The van der Waals surface area contributed by atoms with Gasteiger partial charge in [-0.2, -0.15) is 0 Å². The van der Waals surface area contributed by atoms with Crippen molar-refractivity contribution in [2.24, 2.45) is 0 Å². The Morgan fingerprint density at radius 3 is 2.57 bits per heavy atom. The third kappa shape index (κ3) is 4.84. The number of carbonyl (C=O) groups excluding carboxylic acids is 1. The first-order valence-electron chi connectivity index (χ1n) is 7.86. The summed E-state index contributed by atoms with van der Waals surface area (Å²) in [6.45, 7) is 9.29. The Labute approximate surface area is 137 Å². The molecule has 1 unspecified atom stereocenters. The molecule has 23 heavy (non-hydrogen) atoms. The summed E-state index contributed by atoms with van der Waals surface area (Å²) in [4.78, 5) is 15.9. The molecule has 0 saturated heterocycles. The van der Waals surface area contributed by atoms with Crippen molar-refractivity contribution in [1.82, 2.24) is 14.9 Å². The fraction of sp³-hybridized carbons (Fsp3) is 0.444. The van der Waals surface area contributed by atoms with Crippen molar-refractivity contribution in [2.45, 2.75) is 39.2 Å². The normalized spacial score (nSPS) is 12.7. The summed E-state index contributed by atoms with van der Waals surface area (Å²) >= 11 is 0. The van der Waals surface area contributed by atoms with Crippen LogP contribution in [0, 0.1) is 0 Å². The highest BCUT2D eigenvalue weighted by molar-refractivity contribution is 5.79. The summed E-state index contributed by atoms with van der Waals surface area (Å²) in [6, 6.07) is 7.82. The lowest BCUT2D eigenvalue weighted by Gasteiger charge is -2.19. The molecule has 1 heterocycles. The Morgan fingerprint density at radius 2 is 2.00 bits per heavy atom. The summed E-state index contributed by atoms with van der Waals surface area (Å²) in [6.07, 6.45) is 5.07. The van der Waals surface area contributed by atoms with Crippen LogP contribution in [0.3, 0.4) is 0 Å². The van der Waals surface area contributed by atoms with E-state index in [1.165, 1.54) is 5.56 Å². The second kappa shape index (κ2) is 7.31. The third-order valence-electron chi connectivity index (χ3n) is 3.74. The molecule has 1 aromatic heterocycles. The molecule has 0 radical (unpaired) electrons. The SMILES string of the molecule is CC(C(=O)NCCOc1ccc(C(C)(C)C)cc1)n1ccnc1. The molecule has 1 N–H and O–H groups in total. The highest BCUT2D eigenvalue weighted by Gasteiger charge is 2.14. The molecule has 124 valence electrons. The minimum absolute atomic E-state index is 0.0466. The second-order valence-electron chi connectivity index (χ2n) is 6.60. The lowest BCUT2D eigenvalue weighted by atomic mass is 9.87. The van der Waals surface area contributed by atoms with Gasteiger partial charge in [-0.1, -0.05) is 32.9 Å². The van der Waals surface area contributed by atoms with Crippen LogP contribution in [0.25, 0.3) is 0 Å². The molecule has 0 saturated carbocycles. The van der Waals surface area contributed by atoms with E-state index < -0.39 is 0 Å². The Kier molecular flexibility index (Phi) is 5.42. The molecule has 5 heteroatoms. The van der Waals surface area contributed by atoms with Crippen molar-refractivity contribution in [3.8, 4) is 5.75 Å². The molecular weight excluding hydrogens is 290 g/mol. The number of nitrogens with zero attached hydrogens (tertiary/aromatic N) is 2. The van der Waals surface area contributed by atoms with Crippen LogP contribution in [0.4, 0.5) is 0 Å². The number of aromatic nitrogens is 2. The molecule has 0 fully saturated rings. The van der Waals surface area contributed by atoms with Gasteiger partial charge in [0.25, 0.3) is 0 Å². The average molecular weight is 315 g/mol. The molecule has 0 aliphatic heterocycles. The smallest absolute Gasteiger partial charge is 0.242 e. The van der Waals surface area contributed by atoms with Crippen molar-refractivity contribution in [2.75, 3.05) is 13.2 Å². The van der Waals surface area contributed by atoms with Crippen molar-refractivity contribution in [3.05, 3.63) is 48.5 Å². The molecule has 5 nitrogen and oxygen atoms in total.